The number of hydrogen-bond acceptors (Lipinski definition) is 6. The van der Waals surface area contributed by atoms with Crippen molar-refractivity contribution in [2.24, 2.45) is 10.9 Å². The lowest BCUT2D eigenvalue weighted by atomic mass is 9.95. The van der Waals surface area contributed by atoms with Gasteiger partial charge in [-0.1, -0.05) is 12.1 Å². The van der Waals surface area contributed by atoms with Gasteiger partial charge < -0.3 is 30.0 Å². The number of amidine groups is 1. The number of nitrogen functional groups attached to an aromatic ring is 1. The van der Waals surface area contributed by atoms with Crippen molar-refractivity contribution in [1.29, 1.82) is 0 Å². The van der Waals surface area contributed by atoms with Crippen LogP contribution in [0, 0.1) is 5.92 Å². The third kappa shape index (κ3) is 4.51. The number of aryl methyl sites for hydroxylation is 1. The third-order valence-electron chi connectivity index (χ3n) is 8.14. The number of halogens is 3. The average Bonchev–Trinajstić information content (AvgIpc) is 3.52. The van der Waals surface area contributed by atoms with Crippen LogP contribution < -0.4 is 11.1 Å². The van der Waals surface area contributed by atoms with Crippen LogP contribution in [0.5, 0.6) is 0 Å². The fourth-order valence-electron chi connectivity index (χ4n) is 6.43. The number of ether oxygens (including phenoxy) is 2. The number of anilines is 2. The smallest absolute Gasteiger partial charge is 0.383 e. The minimum Gasteiger partial charge on any atom is -0.383 e. The van der Waals surface area contributed by atoms with Gasteiger partial charge in [0.25, 0.3) is 0 Å². The highest BCUT2D eigenvalue weighted by Gasteiger charge is 2.54. The second-order valence-electron chi connectivity index (χ2n) is 11.2. The Morgan fingerprint density at radius 3 is 2.69 bits per heavy atom. The summed E-state index contributed by atoms with van der Waals surface area (Å²) in [7, 11) is 3.82. The molecule has 11 heteroatoms. The molecule has 0 amide bonds. The van der Waals surface area contributed by atoms with Crippen molar-refractivity contribution in [3.63, 3.8) is 0 Å². The van der Waals surface area contributed by atoms with E-state index in [1.54, 1.807) is 6.07 Å². The van der Waals surface area contributed by atoms with Crippen LogP contribution in [0.3, 0.4) is 0 Å². The van der Waals surface area contributed by atoms with Crippen molar-refractivity contribution in [1.82, 2.24) is 14.5 Å². The number of pyridine rings is 1. The summed E-state index contributed by atoms with van der Waals surface area (Å²) in [5.41, 5.74) is 7.26. The Labute approximate surface area is 225 Å². The Bertz CT molecular complexity index is 1450. The van der Waals surface area contributed by atoms with Crippen molar-refractivity contribution in [2.45, 2.75) is 63.3 Å². The van der Waals surface area contributed by atoms with Gasteiger partial charge in [-0.3, -0.25) is 4.99 Å². The van der Waals surface area contributed by atoms with Crippen molar-refractivity contribution in [2.75, 3.05) is 31.8 Å². The molecule has 2 fully saturated rings. The van der Waals surface area contributed by atoms with Crippen molar-refractivity contribution in [3.8, 4) is 0 Å². The Kier molecular flexibility index (Phi) is 6.07. The Hall–Kier alpha value is -3.31. The predicted octanol–water partition coefficient (Wildman–Crippen LogP) is 5.04. The summed E-state index contributed by atoms with van der Waals surface area (Å²) in [6, 6.07) is 8.65. The zero-order valence-electron chi connectivity index (χ0n) is 22.4. The van der Waals surface area contributed by atoms with Crippen molar-refractivity contribution in [3.05, 3.63) is 53.2 Å². The Morgan fingerprint density at radius 2 is 1.95 bits per heavy atom. The number of rotatable bonds is 4. The number of nitrogens with two attached hydrogens (primary N) is 1. The van der Waals surface area contributed by atoms with Gasteiger partial charge in [-0.15, -0.1) is 0 Å². The zero-order chi connectivity index (χ0) is 27.7. The second kappa shape index (κ2) is 9.12. The van der Waals surface area contributed by atoms with E-state index in [1.165, 1.54) is 0 Å². The fraction of sp³-hybridized carbons (Fsp3) is 0.500. The number of fused-ring (bicyclic) bond motifs is 3. The molecule has 0 spiro atoms. The standard InChI is InChI=1S/C28H33F3N6O2/c1-27(2)38-22-17(8-6-15-5-7-16-12-19(28(29,30)31)24(32)35-20(16)11-15)13-21(23(22)39-27)37-10-9-18-25(33-3)36(4)14-34-26(18)37/h5,7,9-12,17,21-23,34H,6,8,13-14H2,1-4H3,(H2,32,35)/t17-,21+,22+,23-/m0/s1. The van der Waals surface area contributed by atoms with Crippen LogP contribution in [-0.4, -0.2) is 59.0 Å². The maximum Gasteiger partial charge on any atom is 0.419 e. The summed E-state index contributed by atoms with van der Waals surface area (Å²) >= 11 is 0. The van der Waals surface area contributed by atoms with E-state index < -0.39 is 23.3 Å². The Morgan fingerprint density at radius 1 is 1.18 bits per heavy atom. The van der Waals surface area contributed by atoms with Crippen LogP contribution in [0.1, 0.15) is 49.4 Å². The molecule has 6 rings (SSSR count). The molecule has 0 radical (unpaired) electrons. The van der Waals surface area contributed by atoms with Gasteiger partial charge in [0, 0.05) is 25.7 Å². The predicted molar refractivity (Wildman–Crippen MR) is 144 cm³/mol. The lowest BCUT2D eigenvalue weighted by molar-refractivity contribution is -0.160. The molecule has 3 aliphatic rings. The van der Waals surface area contributed by atoms with E-state index in [0.29, 0.717) is 17.6 Å². The average molecular weight is 543 g/mol. The molecule has 4 atom stereocenters. The minimum atomic E-state index is -4.54. The van der Waals surface area contributed by atoms with Crippen molar-refractivity contribution < 1.29 is 22.6 Å². The molecule has 39 heavy (non-hydrogen) atoms. The number of alkyl halides is 3. The molecule has 2 aliphatic heterocycles. The molecule has 1 saturated heterocycles. The van der Waals surface area contributed by atoms with Gasteiger partial charge in [0.2, 0.25) is 0 Å². The number of aromatic nitrogens is 2. The maximum atomic E-state index is 13.2. The number of hydrogen-bond donors (Lipinski definition) is 2. The molecule has 3 aromatic rings. The molecule has 2 aromatic heterocycles. The van der Waals surface area contributed by atoms with E-state index in [9.17, 15) is 13.2 Å². The fourth-order valence-corrected chi connectivity index (χ4v) is 6.43. The topological polar surface area (TPSA) is 89.9 Å². The summed E-state index contributed by atoms with van der Waals surface area (Å²) in [4.78, 5) is 10.6. The number of aliphatic imine (C=N–C) groups is 1. The first-order chi connectivity index (χ1) is 18.4. The van der Waals surface area contributed by atoms with Crippen LogP contribution in [0.4, 0.5) is 24.8 Å². The van der Waals surface area contributed by atoms with Gasteiger partial charge in [0.1, 0.15) is 23.6 Å². The summed E-state index contributed by atoms with van der Waals surface area (Å²) in [5.74, 6) is 1.06. The Balaban J connectivity index is 1.24. The van der Waals surface area contributed by atoms with E-state index in [4.69, 9.17) is 15.2 Å². The molecular formula is C28H33F3N6O2. The molecule has 1 aliphatic carbocycles. The van der Waals surface area contributed by atoms with E-state index in [0.717, 1.165) is 48.1 Å². The highest BCUT2D eigenvalue weighted by atomic mass is 19.4. The first kappa shape index (κ1) is 25.9. The van der Waals surface area contributed by atoms with E-state index in [2.05, 4.69) is 37.0 Å². The first-order valence-electron chi connectivity index (χ1n) is 13.2. The highest BCUT2D eigenvalue weighted by molar-refractivity contribution is 6.04. The monoisotopic (exact) mass is 542 g/mol. The summed E-state index contributed by atoms with van der Waals surface area (Å²) in [6.45, 7) is 4.57. The van der Waals surface area contributed by atoms with Gasteiger partial charge in [-0.25, -0.2) is 4.98 Å². The van der Waals surface area contributed by atoms with Gasteiger partial charge in [0.15, 0.2) is 5.79 Å². The maximum absolute atomic E-state index is 13.2. The van der Waals surface area contributed by atoms with E-state index in [-0.39, 0.29) is 24.2 Å². The SMILES string of the molecule is CN=C1c2ccn([C@@H]3C[C@H](CCc4ccc5cc(C(F)(F)F)c(N)nc5c4)[C@H]4OC(C)(C)O[C@H]43)c2NCN1C. The first-order valence-corrected chi connectivity index (χ1v) is 13.2. The lowest BCUT2D eigenvalue weighted by Gasteiger charge is -2.31. The molecule has 8 nitrogen and oxygen atoms in total. The second-order valence-corrected chi connectivity index (χ2v) is 11.2. The molecule has 1 saturated carbocycles. The molecule has 4 heterocycles. The highest BCUT2D eigenvalue weighted by Crippen LogP contribution is 2.49. The van der Waals surface area contributed by atoms with Crippen LogP contribution in [0.2, 0.25) is 0 Å². The number of nitrogens with one attached hydrogen (secondary N) is 1. The molecule has 1 aromatic carbocycles. The van der Waals surface area contributed by atoms with Gasteiger partial charge in [-0.05, 0) is 62.8 Å². The van der Waals surface area contributed by atoms with Gasteiger partial charge in [-0.2, -0.15) is 13.2 Å². The largest absolute Gasteiger partial charge is 0.419 e. The molecule has 0 bridgehead atoms. The lowest BCUT2D eigenvalue weighted by Crippen LogP contribution is -2.38. The third-order valence-corrected chi connectivity index (χ3v) is 8.14. The van der Waals surface area contributed by atoms with Crippen molar-refractivity contribution >= 4 is 28.4 Å². The van der Waals surface area contributed by atoms with Crippen LogP contribution in [0.15, 0.2) is 41.5 Å². The summed E-state index contributed by atoms with van der Waals surface area (Å²) in [5, 5.41) is 3.95. The normalized spacial score (nSPS) is 27.2. The number of benzene rings is 1. The zero-order valence-corrected chi connectivity index (χ0v) is 22.4. The molecular weight excluding hydrogens is 509 g/mol. The summed E-state index contributed by atoms with van der Waals surface area (Å²) in [6.07, 6.45) is -0.110. The van der Waals surface area contributed by atoms with E-state index >= 15 is 0 Å². The number of nitrogens with zero attached hydrogens (tertiary/aromatic N) is 4. The molecule has 3 N–H and O–H groups in total. The van der Waals surface area contributed by atoms with Crippen LogP contribution in [-0.2, 0) is 22.1 Å². The van der Waals surface area contributed by atoms with Crippen LogP contribution >= 0.6 is 0 Å². The minimum absolute atomic E-state index is 0.0582. The molecule has 208 valence electrons. The molecule has 0 unspecified atom stereocenters. The quantitative estimate of drug-likeness (QED) is 0.480. The van der Waals surface area contributed by atoms with Crippen LogP contribution in [0.25, 0.3) is 10.9 Å². The van der Waals surface area contributed by atoms with Gasteiger partial charge >= 0.3 is 6.18 Å². The van der Waals surface area contributed by atoms with E-state index in [1.807, 2.05) is 40.1 Å². The summed E-state index contributed by atoms with van der Waals surface area (Å²) < 4.78 is 54.8. The van der Waals surface area contributed by atoms with Gasteiger partial charge in [0.05, 0.1) is 35.5 Å².